The molecule has 0 atom stereocenters. The average molecular weight is 287 g/mol. The van der Waals surface area contributed by atoms with Crippen LogP contribution in [0.25, 0.3) is 5.65 Å². The average Bonchev–Trinajstić information content (AvgIpc) is 2.74. The molecule has 1 N–H and O–H groups in total. The Morgan fingerprint density at radius 3 is 2.90 bits per heavy atom. The van der Waals surface area contributed by atoms with Crippen LogP contribution >= 0.6 is 11.6 Å². The maximum atomic E-state index is 6.13. The zero-order valence-corrected chi connectivity index (χ0v) is 12.1. The topological polar surface area (TPSA) is 42.2 Å². The molecule has 0 bridgehead atoms. The molecule has 3 heterocycles. The third kappa shape index (κ3) is 2.23. The lowest BCUT2D eigenvalue weighted by molar-refractivity contribution is 0.982. The highest BCUT2D eigenvalue weighted by Gasteiger charge is 2.10. The van der Waals surface area contributed by atoms with Crippen molar-refractivity contribution in [2.45, 2.75) is 20.4 Å². The lowest BCUT2D eigenvalue weighted by Crippen LogP contribution is -2.06. The number of nitrogens with one attached hydrogen (secondary N) is 1. The van der Waals surface area contributed by atoms with E-state index in [1.807, 2.05) is 44.3 Å². The Labute approximate surface area is 122 Å². The van der Waals surface area contributed by atoms with Crippen LogP contribution in [0, 0.1) is 13.8 Å². The van der Waals surface area contributed by atoms with Crippen molar-refractivity contribution in [1.82, 2.24) is 14.4 Å². The number of aryl methyl sites for hydroxylation is 2. The minimum atomic E-state index is 0.497. The second kappa shape index (κ2) is 5.13. The van der Waals surface area contributed by atoms with Crippen molar-refractivity contribution >= 4 is 22.9 Å². The zero-order valence-electron chi connectivity index (χ0n) is 11.4. The summed E-state index contributed by atoms with van der Waals surface area (Å²) in [6.45, 7) is 4.68. The first-order chi connectivity index (χ1) is 9.66. The van der Waals surface area contributed by atoms with Gasteiger partial charge in [0.15, 0.2) is 5.15 Å². The van der Waals surface area contributed by atoms with Gasteiger partial charge in [0, 0.05) is 12.4 Å². The summed E-state index contributed by atoms with van der Waals surface area (Å²) in [5.74, 6) is 0. The second-order valence-corrected chi connectivity index (χ2v) is 5.08. The highest BCUT2D eigenvalue weighted by Crippen LogP contribution is 2.24. The summed E-state index contributed by atoms with van der Waals surface area (Å²) in [6.07, 6.45) is 3.73. The molecule has 0 fully saturated rings. The maximum Gasteiger partial charge on any atom is 0.152 e. The van der Waals surface area contributed by atoms with Gasteiger partial charge in [-0.25, -0.2) is 9.97 Å². The number of anilines is 1. The fourth-order valence-electron chi connectivity index (χ4n) is 2.29. The largest absolute Gasteiger partial charge is 0.377 e. The fraction of sp³-hybridized carbons (Fsp3) is 0.200. The monoisotopic (exact) mass is 286 g/mol. The van der Waals surface area contributed by atoms with E-state index < -0.39 is 0 Å². The van der Waals surface area contributed by atoms with E-state index in [9.17, 15) is 0 Å². The first kappa shape index (κ1) is 12.9. The number of fused-ring (bicyclic) bond motifs is 1. The van der Waals surface area contributed by atoms with Crippen LogP contribution in [0.5, 0.6) is 0 Å². The number of halogens is 1. The molecule has 0 amide bonds. The second-order valence-electron chi connectivity index (χ2n) is 4.72. The third-order valence-corrected chi connectivity index (χ3v) is 3.66. The van der Waals surface area contributed by atoms with Crippen molar-refractivity contribution in [2.75, 3.05) is 5.32 Å². The van der Waals surface area contributed by atoms with Crippen molar-refractivity contribution in [3.8, 4) is 0 Å². The quantitative estimate of drug-likeness (QED) is 0.748. The Hall–Kier alpha value is -2.07. The Balaban J connectivity index is 1.93. The summed E-state index contributed by atoms with van der Waals surface area (Å²) in [5.41, 5.74) is 5.05. The molecule has 0 saturated heterocycles. The van der Waals surface area contributed by atoms with Gasteiger partial charge in [-0.3, -0.25) is 0 Å². The molecule has 0 aliphatic rings. The van der Waals surface area contributed by atoms with Crippen molar-refractivity contribution in [1.29, 1.82) is 0 Å². The smallest absolute Gasteiger partial charge is 0.152 e. The molecule has 0 aliphatic heterocycles. The highest BCUT2D eigenvalue weighted by atomic mass is 35.5. The van der Waals surface area contributed by atoms with Crippen LogP contribution in [-0.4, -0.2) is 14.4 Å². The van der Waals surface area contributed by atoms with Crippen LogP contribution in [0.2, 0.25) is 5.15 Å². The molecule has 102 valence electrons. The number of aromatic nitrogens is 3. The van der Waals surface area contributed by atoms with Gasteiger partial charge in [-0.15, -0.1) is 0 Å². The lowest BCUT2D eigenvalue weighted by Gasteiger charge is -2.11. The van der Waals surface area contributed by atoms with E-state index in [-0.39, 0.29) is 0 Å². The molecule has 3 aromatic rings. The summed E-state index contributed by atoms with van der Waals surface area (Å²) >= 11 is 6.13. The molecular formula is C15H15ClN4. The van der Waals surface area contributed by atoms with Gasteiger partial charge in [0.1, 0.15) is 5.65 Å². The number of nitrogens with zero attached hydrogens (tertiary/aromatic N) is 3. The van der Waals surface area contributed by atoms with Crippen LogP contribution in [0.15, 0.2) is 36.7 Å². The van der Waals surface area contributed by atoms with E-state index in [0.717, 1.165) is 28.3 Å². The van der Waals surface area contributed by atoms with Crippen LogP contribution in [-0.2, 0) is 6.54 Å². The molecular weight excluding hydrogens is 272 g/mol. The molecule has 0 spiro atoms. The van der Waals surface area contributed by atoms with E-state index in [4.69, 9.17) is 11.6 Å². The normalized spacial score (nSPS) is 10.9. The fourth-order valence-corrected chi connectivity index (χ4v) is 2.56. The number of hydrogen-bond acceptors (Lipinski definition) is 3. The molecule has 0 unspecified atom stereocenters. The summed E-state index contributed by atoms with van der Waals surface area (Å²) in [5, 5.41) is 3.86. The summed E-state index contributed by atoms with van der Waals surface area (Å²) in [7, 11) is 0. The Morgan fingerprint density at radius 2 is 2.10 bits per heavy atom. The van der Waals surface area contributed by atoms with Gasteiger partial charge < -0.3 is 9.72 Å². The van der Waals surface area contributed by atoms with Crippen molar-refractivity contribution in [3.63, 3.8) is 0 Å². The van der Waals surface area contributed by atoms with E-state index in [2.05, 4.69) is 19.7 Å². The van der Waals surface area contributed by atoms with Gasteiger partial charge >= 0.3 is 0 Å². The van der Waals surface area contributed by atoms with Crippen LogP contribution in [0.4, 0.5) is 5.69 Å². The summed E-state index contributed by atoms with van der Waals surface area (Å²) < 4.78 is 2.09. The lowest BCUT2D eigenvalue weighted by atomic mass is 10.2. The summed E-state index contributed by atoms with van der Waals surface area (Å²) in [6, 6.07) is 7.93. The highest BCUT2D eigenvalue weighted by molar-refractivity contribution is 6.32. The molecule has 3 aromatic heterocycles. The number of rotatable bonds is 3. The predicted molar refractivity (Wildman–Crippen MR) is 81.2 cm³/mol. The third-order valence-electron chi connectivity index (χ3n) is 3.37. The number of pyridine rings is 2. The van der Waals surface area contributed by atoms with E-state index in [1.54, 1.807) is 6.20 Å². The van der Waals surface area contributed by atoms with Crippen molar-refractivity contribution in [2.24, 2.45) is 0 Å². The first-order valence-electron chi connectivity index (χ1n) is 6.44. The molecule has 0 aliphatic carbocycles. The van der Waals surface area contributed by atoms with E-state index in [0.29, 0.717) is 11.7 Å². The van der Waals surface area contributed by atoms with Crippen molar-refractivity contribution < 1.29 is 0 Å². The van der Waals surface area contributed by atoms with Crippen molar-refractivity contribution in [3.05, 3.63) is 58.8 Å². The van der Waals surface area contributed by atoms with Gasteiger partial charge in [0.05, 0.1) is 23.6 Å². The predicted octanol–water partition coefficient (Wildman–Crippen LogP) is 3.61. The molecule has 20 heavy (non-hydrogen) atoms. The molecule has 4 nitrogen and oxygen atoms in total. The zero-order chi connectivity index (χ0) is 14.1. The Bertz CT molecular complexity index is 743. The van der Waals surface area contributed by atoms with E-state index in [1.165, 1.54) is 0 Å². The van der Waals surface area contributed by atoms with Gasteiger partial charge in [0.2, 0.25) is 0 Å². The molecule has 0 aromatic carbocycles. The summed E-state index contributed by atoms with van der Waals surface area (Å²) in [4.78, 5) is 8.65. The molecule has 3 rings (SSSR count). The van der Waals surface area contributed by atoms with Gasteiger partial charge in [-0.05, 0) is 37.6 Å². The Kier molecular flexibility index (Phi) is 3.32. The van der Waals surface area contributed by atoms with Crippen LogP contribution in [0.1, 0.15) is 17.0 Å². The molecule has 5 heteroatoms. The maximum absolute atomic E-state index is 6.13. The number of hydrogen-bond donors (Lipinski definition) is 1. The van der Waals surface area contributed by atoms with Crippen LogP contribution in [0.3, 0.4) is 0 Å². The van der Waals surface area contributed by atoms with Gasteiger partial charge in [-0.1, -0.05) is 17.7 Å². The standard InChI is InChI=1S/C15H15ClN4/c1-10-6-7-17-15(16)14(10)18-9-12-11(2)19-13-5-3-4-8-20(12)13/h3-8,18H,9H2,1-2H3. The van der Waals surface area contributed by atoms with E-state index >= 15 is 0 Å². The van der Waals surface area contributed by atoms with Crippen LogP contribution < -0.4 is 5.32 Å². The van der Waals surface area contributed by atoms with Gasteiger partial charge in [-0.2, -0.15) is 0 Å². The minimum Gasteiger partial charge on any atom is -0.377 e. The van der Waals surface area contributed by atoms with Gasteiger partial charge in [0.25, 0.3) is 0 Å². The Morgan fingerprint density at radius 1 is 1.25 bits per heavy atom. The molecule has 0 radical (unpaired) electrons. The number of imidazole rings is 1. The molecule has 0 saturated carbocycles. The first-order valence-corrected chi connectivity index (χ1v) is 6.82. The SMILES string of the molecule is Cc1ccnc(Cl)c1NCc1c(C)nc2ccccn12. The minimum absolute atomic E-state index is 0.497.